The highest BCUT2D eigenvalue weighted by atomic mass is 28.3. The molecule has 0 aliphatic carbocycles. The molecule has 254 valence electrons. The van der Waals surface area contributed by atoms with Crippen LogP contribution in [0.5, 0.6) is 11.5 Å². The molecule has 6 rings (SSSR count). The molecule has 3 heterocycles. The number of rotatable bonds is 12. The number of piperazine rings is 1. The average molecular weight is 670 g/mol. The summed E-state index contributed by atoms with van der Waals surface area (Å²) in [4.78, 5) is 14.5. The largest absolute Gasteiger partial charge is 0.497 e. The quantitative estimate of drug-likeness (QED) is 0.212. The number of amides is 1. The number of fused-ring (bicyclic) bond motifs is 1. The first-order chi connectivity index (χ1) is 23.2. The highest BCUT2D eigenvalue weighted by molar-refractivity contribution is 6.91. The Labute approximate surface area is 284 Å². The number of aromatic nitrogens is 3. The zero-order valence-corrected chi connectivity index (χ0v) is 29.5. The molecule has 2 N–H and O–H groups in total. The lowest BCUT2D eigenvalue weighted by Gasteiger charge is -2.46. The van der Waals surface area contributed by atoms with Gasteiger partial charge < -0.3 is 29.5 Å². The third-order valence-corrected chi connectivity index (χ3v) is 14.6. The number of ether oxygens (including phenoxy) is 3. The van der Waals surface area contributed by atoms with Crippen molar-refractivity contribution in [3.8, 4) is 11.5 Å². The highest BCUT2D eigenvalue weighted by Crippen LogP contribution is 2.48. The molecule has 0 spiro atoms. The molecular weight excluding hydrogens is 623 g/mol. The Kier molecular flexibility index (Phi) is 10.3. The smallest absolute Gasteiger partial charge is 0.240 e. The van der Waals surface area contributed by atoms with E-state index in [0.29, 0.717) is 19.6 Å². The first kappa shape index (κ1) is 33.9. The van der Waals surface area contributed by atoms with Crippen LogP contribution in [0.4, 0.5) is 5.69 Å². The SMILES string of the molecule is COc1ccc([Si](C)(C)C(CCn2cc(C(CO)c3ccccc3)nn2)[C@H]2Oc3ccc(N4CCNCC4=O)cc3[C@@H](OC)[C@@H]2C)cc1. The molecule has 5 atom stereocenters. The van der Waals surface area contributed by atoms with Gasteiger partial charge in [0, 0.05) is 50.1 Å². The zero-order chi connectivity index (χ0) is 33.8. The summed E-state index contributed by atoms with van der Waals surface area (Å²) in [6.45, 7) is 9.38. The van der Waals surface area contributed by atoms with Gasteiger partial charge in [-0.15, -0.1) is 5.10 Å². The Morgan fingerprint density at radius 1 is 1.08 bits per heavy atom. The molecular formula is C37H47N5O5Si. The molecule has 11 heteroatoms. The lowest BCUT2D eigenvalue weighted by Crippen LogP contribution is -2.54. The lowest BCUT2D eigenvalue weighted by atomic mass is 9.86. The molecule has 1 fully saturated rings. The maximum Gasteiger partial charge on any atom is 0.240 e. The number of nitrogens with one attached hydrogen (secondary N) is 1. The van der Waals surface area contributed by atoms with Crippen molar-refractivity contribution in [3.63, 3.8) is 0 Å². The number of benzene rings is 3. The van der Waals surface area contributed by atoms with E-state index in [4.69, 9.17) is 14.2 Å². The van der Waals surface area contributed by atoms with Crippen LogP contribution in [0.3, 0.4) is 0 Å². The van der Waals surface area contributed by atoms with Gasteiger partial charge in [-0.25, -0.2) is 0 Å². The number of aliphatic hydroxyl groups is 1. The van der Waals surface area contributed by atoms with Gasteiger partial charge in [0.05, 0.1) is 46.1 Å². The topological polar surface area (TPSA) is 111 Å². The number of hydrogen-bond donors (Lipinski definition) is 2. The van der Waals surface area contributed by atoms with Crippen LogP contribution >= 0.6 is 0 Å². The Bertz CT molecular complexity index is 1680. The van der Waals surface area contributed by atoms with Gasteiger partial charge in [0.2, 0.25) is 5.91 Å². The lowest BCUT2D eigenvalue weighted by molar-refractivity contribution is -0.118. The summed E-state index contributed by atoms with van der Waals surface area (Å²) in [6, 6.07) is 24.5. The van der Waals surface area contributed by atoms with Crippen LogP contribution in [0, 0.1) is 5.92 Å². The molecule has 0 bridgehead atoms. The monoisotopic (exact) mass is 669 g/mol. The Morgan fingerprint density at radius 2 is 1.85 bits per heavy atom. The van der Waals surface area contributed by atoms with E-state index in [1.165, 1.54) is 5.19 Å². The minimum atomic E-state index is -2.21. The second-order valence-corrected chi connectivity index (χ2v) is 18.2. The van der Waals surface area contributed by atoms with Crippen LogP contribution in [0.1, 0.15) is 42.2 Å². The molecule has 0 saturated carbocycles. The predicted molar refractivity (Wildman–Crippen MR) is 189 cm³/mol. The van der Waals surface area contributed by atoms with Gasteiger partial charge in [-0.3, -0.25) is 9.48 Å². The summed E-state index contributed by atoms with van der Waals surface area (Å²) in [6.07, 6.45) is 2.45. The van der Waals surface area contributed by atoms with E-state index < -0.39 is 8.07 Å². The van der Waals surface area contributed by atoms with E-state index in [0.717, 1.165) is 47.0 Å². The molecule has 1 saturated heterocycles. The highest BCUT2D eigenvalue weighted by Gasteiger charge is 2.47. The van der Waals surface area contributed by atoms with E-state index in [9.17, 15) is 9.90 Å². The molecule has 2 aliphatic rings. The molecule has 3 aromatic carbocycles. The molecule has 2 unspecified atom stereocenters. The first-order valence-corrected chi connectivity index (χ1v) is 19.9. The van der Waals surface area contributed by atoms with Crippen molar-refractivity contribution >= 4 is 24.9 Å². The minimum Gasteiger partial charge on any atom is -0.497 e. The predicted octanol–water partition coefficient (Wildman–Crippen LogP) is 4.51. The summed E-state index contributed by atoms with van der Waals surface area (Å²) in [5.41, 5.74) is 3.79. The second-order valence-electron chi connectivity index (χ2n) is 13.4. The molecule has 0 radical (unpaired) electrons. The number of nitrogens with zero attached hydrogens (tertiary/aromatic N) is 4. The summed E-state index contributed by atoms with van der Waals surface area (Å²) in [5, 5.41) is 23.7. The Balaban J connectivity index is 1.31. The van der Waals surface area contributed by atoms with Crippen molar-refractivity contribution in [2.24, 2.45) is 5.92 Å². The van der Waals surface area contributed by atoms with E-state index >= 15 is 0 Å². The van der Waals surface area contributed by atoms with Gasteiger partial charge in [-0.05, 0) is 47.9 Å². The van der Waals surface area contributed by atoms with Crippen molar-refractivity contribution in [2.45, 2.75) is 56.7 Å². The van der Waals surface area contributed by atoms with Gasteiger partial charge in [-0.1, -0.05) is 72.9 Å². The fraction of sp³-hybridized carbons (Fsp3) is 0.432. The summed E-state index contributed by atoms with van der Waals surface area (Å²) in [7, 11) is 1.24. The van der Waals surface area contributed by atoms with Crippen molar-refractivity contribution in [2.75, 3.05) is 45.4 Å². The van der Waals surface area contributed by atoms with Crippen LogP contribution in [0.15, 0.2) is 79.0 Å². The van der Waals surface area contributed by atoms with Crippen LogP contribution in [0.2, 0.25) is 18.6 Å². The fourth-order valence-corrected chi connectivity index (χ4v) is 11.0. The number of carbonyl (C=O) groups excluding carboxylic acids is 1. The number of aryl methyl sites for hydroxylation is 1. The van der Waals surface area contributed by atoms with E-state index in [1.54, 1.807) is 14.2 Å². The van der Waals surface area contributed by atoms with Gasteiger partial charge in [0.25, 0.3) is 0 Å². The van der Waals surface area contributed by atoms with Crippen molar-refractivity contribution < 1.29 is 24.1 Å². The molecule has 2 aliphatic heterocycles. The number of carbonyl (C=O) groups is 1. The molecule has 1 aromatic heterocycles. The van der Waals surface area contributed by atoms with Crippen molar-refractivity contribution in [1.82, 2.24) is 20.3 Å². The van der Waals surface area contributed by atoms with E-state index in [2.05, 4.69) is 53.8 Å². The summed E-state index contributed by atoms with van der Waals surface area (Å²) < 4.78 is 20.6. The average Bonchev–Trinajstić information content (AvgIpc) is 3.57. The minimum absolute atomic E-state index is 0.0367. The number of hydrogen-bond acceptors (Lipinski definition) is 8. The normalized spacial score (nSPS) is 20.9. The van der Waals surface area contributed by atoms with E-state index in [-0.39, 0.29) is 42.1 Å². The van der Waals surface area contributed by atoms with Crippen LogP contribution < -0.4 is 24.9 Å². The van der Waals surface area contributed by atoms with Crippen LogP contribution in [-0.4, -0.2) is 80.6 Å². The second kappa shape index (κ2) is 14.6. The maximum absolute atomic E-state index is 12.7. The van der Waals surface area contributed by atoms with Gasteiger partial charge in [0.1, 0.15) is 17.6 Å². The summed E-state index contributed by atoms with van der Waals surface area (Å²) in [5.74, 6) is 1.51. The standard InChI is InChI=1S/C37H47N5O5Si/c1-25-36(46-3)30-21-27(42-20-18-38-22-35(42)44)11-16-33(30)47-37(25)34(48(4,5)29-14-12-28(45-2)13-15-29)17-19-41-23-32(39-40-41)31(24-43)26-9-7-6-8-10-26/h6-16,21,23,25,31,34,36-38,43H,17-20,22,24H2,1-5H3/t25-,31?,34?,36-,37-/m0/s1. The van der Waals surface area contributed by atoms with Gasteiger partial charge >= 0.3 is 0 Å². The molecule has 48 heavy (non-hydrogen) atoms. The van der Waals surface area contributed by atoms with E-state index in [1.807, 2.05) is 70.4 Å². The number of anilines is 1. The van der Waals surface area contributed by atoms with Crippen LogP contribution in [0.25, 0.3) is 0 Å². The number of methoxy groups -OCH3 is 2. The third-order valence-electron chi connectivity index (χ3n) is 10.3. The molecule has 10 nitrogen and oxygen atoms in total. The number of aliphatic hydroxyl groups excluding tert-OH is 1. The molecule has 1 amide bonds. The van der Waals surface area contributed by atoms with Gasteiger partial charge in [-0.2, -0.15) is 0 Å². The van der Waals surface area contributed by atoms with Gasteiger partial charge in [0.15, 0.2) is 0 Å². The maximum atomic E-state index is 12.7. The van der Waals surface area contributed by atoms with Crippen molar-refractivity contribution in [3.05, 3.63) is 95.8 Å². The Morgan fingerprint density at radius 3 is 2.54 bits per heavy atom. The summed E-state index contributed by atoms with van der Waals surface area (Å²) >= 11 is 0. The van der Waals surface area contributed by atoms with Crippen LogP contribution in [-0.2, 0) is 16.1 Å². The van der Waals surface area contributed by atoms with Crippen molar-refractivity contribution in [1.29, 1.82) is 0 Å². The first-order valence-electron chi connectivity index (χ1n) is 16.8. The fourth-order valence-electron chi connectivity index (χ4n) is 7.49. The molecule has 4 aromatic rings. The zero-order valence-electron chi connectivity index (χ0n) is 28.5. The Hall–Kier alpha value is -4.03. The third kappa shape index (κ3) is 6.77.